The normalized spacial score (nSPS) is 22.1. The van der Waals surface area contributed by atoms with Gasteiger partial charge in [-0.1, -0.05) is 37.1 Å². The second-order valence-electron chi connectivity index (χ2n) is 6.20. The smallest absolute Gasteiger partial charge is 0.326 e. The van der Waals surface area contributed by atoms with Gasteiger partial charge in [-0.15, -0.1) is 0 Å². The average molecular weight is 287 g/mol. The van der Waals surface area contributed by atoms with E-state index in [1.165, 1.54) is 12.8 Å². The number of nitrogens with zero attached hydrogens (tertiary/aromatic N) is 1. The first-order valence-corrected chi connectivity index (χ1v) is 7.74. The molecule has 21 heavy (non-hydrogen) atoms. The van der Waals surface area contributed by atoms with Gasteiger partial charge >= 0.3 is 5.97 Å². The third-order valence-electron chi connectivity index (χ3n) is 4.79. The number of hydrogen-bond donors (Lipinski definition) is 1. The molecule has 1 heterocycles. The minimum absolute atomic E-state index is 0.00352. The molecule has 0 spiro atoms. The Balaban J connectivity index is 1.78. The fourth-order valence-corrected chi connectivity index (χ4v) is 3.58. The van der Waals surface area contributed by atoms with Gasteiger partial charge in [0.1, 0.15) is 6.04 Å². The van der Waals surface area contributed by atoms with Gasteiger partial charge in [0, 0.05) is 19.4 Å². The number of rotatable bonds is 3. The molecule has 1 N–H and O–H groups in total. The van der Waals surface area contributed by atoms with Crippen molar-refractivity contribution >= 4 is 11.9 Å². The lowest BCUT2D eigenvalue weighted by Crippen LogP contribution is -2.48. The van der Waals surface area contributed by atoms with Gasteiger partial charge < -0.3 is 10.0 Å². The van der Waals surface area contributed by atoms with Crippen LogP contribution in [0.4, 0.5) is 0 Å². The van der Waals surface area contributed by atoms with Gasteiger partial charge in [0.2, 0.25) is 5.91 Å². The van der Waals surface area contributed by atoms with Gasteiger partial charge in [-0.05, 0) is 29.9 Å². The zero-order valence-corrected chi connectivity index (χ0v) is 12.1. The second-order valence-corrected chi connectivity index (χ2v) is 6.20. The van der Waals surface area contributed by atoms with E-state index < -0.39 is 12.0 Å². The fraction of sp³-hybridized carbons (Fsp3) is 0.529. The Kier molecular flexibility index (Phi) is 3.95. The molecule has 4 nitrogen and oxygen atoms in total. The Morgan fingerprint density at radius 2 is 1.81 bits per heavy atom. The number of fused-ring (bicyclic) bond motifs is 1. The highest BCUT2D eigenvalue weighted by Gasteiger charge is 2.35. The molecule has 2 aliphatic rings. The summed E-state index contributed by atoms with van der Waals surface area (Å²) in [5.41, 5.74) is 2.13. The van der Waals surface area contributed by atoms with Gasteiger partial charge in [-0.25, -0.2) is 4.79 Å². The van der Waals surface area contributed by atoms with Crippen LogP contribution in [0.15, 0.2) is 24.3 Å². The quantitative estimate of drug-likeness (QED) is 0.929. The summed E-state index contributed by atoms with van der Waals surface area (Å²) in [5.74, 6) is -0.447. The van der Waals surface area contributed by atoms with Crippen LogP contribution in [0.3, 0.4) is 0 Å². The third-order valence-corrected chi connectivity index (χ3v) is 4.79. The first-order valence-electron chi connectivity index (χ1n) is 7.74. The van der Waals surface area contributed by atoms with E-state index in [9.17, 15) is 14.7 Å². The summed E-state index contributed by atoms with van der Waals surface area (Å²) >= 11 is 0. The molecule has 1 aliphatic carbocycles. The molecule has 1 amide bonds. The van der Waals surface area contributed by atoms with Crippen LogP contribution < -0.4 is 0 Å². The zero-order chi connectivity index (χ0) is 14.8. The van der Waals surface area contributed by atoms with Crippen molar-refractivity contribution < 1.29 is 14.7 Å². The van der Waals surface area contributed by atoms with Gasteiger partial charge in [0.15, 0.2) is 0 Å². The standard InChI is InChI=1S/C17H21NO3/c19-16(9-12-5-1-2-6-12)18-11-14-8-4-3-7-13(14)10-15(18)17(20)21/h3-4,7-8,12,15H,1-2,5-6,9-11H2,(H,20,21)/t15-/m0/s1. The molecule has 0 radical (unpaired) electrons. The first-order chi connectivity index (χ1) is 10.1. The van der Waals surface area contributed by atoms with Gasteiger partial charge in [-0.3, -0.25) is 4.79 Å². The van der Waals surface area contributed by atoms with Crippen molar-refractivity contribution in [3.63, 3.8) is 0 Å². The lowest BCUT2D eigenvalue weighted by molar-refractivity contribution is -0.151. The Bertz CT molecular complexity index is 549. The minimum atomic E-state index is -0.899. The van der Waals surface area contributed by atoms with E-state index in [1.54, 1.807) is 4.90 Å². The molecule has 1 fully saturated rings. The number of hydrogen-bond acceptors (Lipinski definition) is 2. The Hall–Kier alpha value is -1.84. The van der Waals surface area contributed by atoms with Crippen molar-refractivity contribution in [1.29, 1.82) is 0 Å². The maximum absolute atomic E-state index is 12.5. The van der Waals surface area contributed by atoms with Gasteiger partial charge in [-0.2, -0.15) is 0 Å². The van der Waals surface area contributed by atoms with Crippen molar-refractivity contribution in [2.45, 2.75) is 51.1 Å². The molecule has 0 aromatic heterocycles. The van der Waals surface area contributed by atoms with Gasteiger partial charge in [0.05, 0.1) is 0 Å². The number of carboxylic acid groups (broad SMARTS) is 1. The fourth-order valence-electron chi connectivity index (χ4n) is 3.58. The molecule has 1 aromatic rings. The molecule has 1 aliphatic heterocycles. The lowest BCUT2D eigenvalue weighted by atomic mass is 9.92. The molecule has 112 valence electrons. The topological polar surface area (TPSA) is 57.6 Å². The largest absolute Gasteiger partial charge is 0.480 e. The monoisotopic (exact) mass is 287 g/mol. The Labute approximate surface area is 124 Å². The molecule has 4 heteroatoms. The molecule has 0 bridgehead atoms. The zero-order valence-electron chi connectivity index (χ0n) is 12.1. The number of carbonyl (C=O) groups is 2. The van der Waals surface area contributed by atoms with Crippen molar-refractivity contribution in [3.8, 4) is 0 Å². The molecule has 1 saturated carbocycles. The summed E-state index contributed by atoms with van der Waals surface area (Å²) in [6.07, 6.45) is 5.53. The molecular weight excluding hydrogens is 266 g/mol. The molecule has 3 rings (SSSR count). The van der Waals surface area contributed by atoms with Crippen LogP contribution in [0.2, 0.25) is 0 Å². The molecule has 0 saturated heterocycles. The molecular formula is C17H21NO3. The summed E-state index contributed by atoms with van der Waals surface area (Å²) in [6.45, 7) is 0.429. The Morgan fingerprint density at radius 1 is 1.14 bits per heavy atom. The predicted octanol–water partition coefficient (Wildman–Crippen LogP) is 2.60. The number of carbonyl (C=O) groups excluding carboxylic acids is 1. The molecule has 1 atom stereocenters. The van der Waals surface area contributed by atoms with Crippen LogP contribution in [-0.4, -0.2) is 27.9 Å². The lowest BCUT2D eigenvalue weighted by Gasteiger charge is -2.35. The molecule has 0 unspecified atom stereocenters. The predicted molar refractivity (Wildman–Crippen MR) is 78.7 cm³/mol. The first kappa shape index (κ1) is 14.1. The highest BCUT2D eigenvalue weighted by atomic mass is 16.4. The van der Waals surface area contributed by atoms with Crippen LogP contribution in [0.5, 0.6) is 0 Å². The number of aliphatic carboxylic acids is 1. The van der Waals surface area contributed by atoms with Crippen molar-refractivity contribution in [3.05, 3.63) is 35.4 Å². The third kappa shape index (κ3) is 2.94. The van der Waals surface area contributed by atoms with Crippen molar-refractivity contribution in [2.24, 2.45) is 5.92 Å². The summed E-state index contributed by atoms with van der Waals surface area (Å²) in [4.78, 5) is 25.6. The van der Waals surface area contributed by atoms with Crippen LogP contribution in [0, 0.1) is 5.92 Å². The molecule has 1 aromatic carbocycles. The summed E-state index contributed by atoms with van der Waals surface area (Å²) in [6, 6.07) is 7.11. The SMILES string of the molecule is O=C(O)[C@@H]1Cc2ccccc2CN1C(=O)CC1CCCC1. The van der Waals surface area contributed by atoms with E-state index in [1.807, 2.05) is 24.3 Å². The van der Waals surface area contributed by atoms with Gasteiger partial charge in [0.25, 0.3) is 0 Å². The van der Waals surface area contributed by atoms with E-state index in [0.717, 1.165) is 24.0 Å². The van der Waals surface area contributed by atoms with E-state index >= 15 is 0 Å². The van der Waals surface area contributed by atoms with Crippen LogP contribution in [0.25, 0.3) is 0 Å². The maximum Gasteiger partial charge on any atom is 0.326 e. The van der Waals surface area contributed by atoms with E-state index in [4.69, 9.17) is 0 Å². The van der Waals surface area contributed by atoms with Crippen molar-refractivity contribution in [2.75, 3.05) is 0 Å². The number of benzene rings is 1. The number of carboxylic acids is 1. The van der Waals surface area contributed by atoms with Crippen LogP contribution >= 0.6 is 0 Å². The minimum Gasteiger partial charge on any atom is -0.480 e. The van der Waals surface area contributed by atoms with Crippen LogP contribution in [-0.2, 0) is 22.6 Å². The number of amides is 1. The second kappa shape index (κ2) is 5.88. The van der Waals surface area contributed by atoms with E-state index in [-0.39, 0.29) is 5.91 Å². The highest BCUT2D eigenvalue weighted by Crippen LogP contribution is 2.30. The Morgan fingerprint density at radius 3 is 2.48 bits per heavy atom. The summed E-state index contributed by atoms with van der Waals surface area (Å²) < 4.78 is 0. The summed E-state index contributed by atoms with van der Waals surface area (Å²) in [5, 5.41) is 9.45. The summed E-state index contributed by atoms with van der Waals surface area (Å²) in [7, 11) is 0. The van der Waals surface area contributed by atoms with Crippen LogP contribution in [0.1, 0.15) is 43.2 Å². The highest BCUT2D eigenvalue weighted by molar-refractivity contribution is 5.84. The average Bonchev–Trinajstić information content (AvgIpc) is 2.98. The maximum atomic E-state index is 12.5. The van der Waals surface area contributed by atoms with Crippen molar-refractivity contribution in [1.82, 2.24) is 4.90 Å². The van der Waals surface area contributed by atoms with E-state index in [2.05, 4.69) is 0 Å². The van der Waals surface area contributed by atoms with E-state index in [0.29, 0.717) is 25.3 Å².